The van der Waals surface area contributed by atoms with Crippen LogP contribution in [-0.2, 0) is 0 Å². The van der Waals surface area contributed by atoms with Gasteiger partial charge < -0.3 is 5.11 Å². The van der Waals surface area contributed by atoms with Gasteiger partial charge in [0.05, 0.1) is 0 Å². The molecule has 0 unspecified atom stereocenters. The minimum Gasteiger partial charge on any atom is -0.396 e. The molecule has 0 aliphatic rings. The lowest BCUT2D eigenvalue weighted by Crippen LogP contribution is -1.89. The average molecular weight is 271 g/mol. The molecule has 1 nitrogen and oxygen atoms in total. The zero-order chi connectivity index (χ0) is 13.9. The molecule has 0 saturated carbocycles. The SMILES string of the molecule is CCCCC[CH2][Al][CH2]CCCCC.CCCCO. The molecule has 0 heterocycles. The van der Waals surface area contributed by atoms with Crippen molar-refractivity contribution < 1.29 is 5.11 Å². The average Bonchev–Trinajstić information content (AvgIpc) is 2.39. The number of hydrogen-bond acceptors (Lipinski definition) is 1. The molecule has 0 aliphatic heterocycles. The van der Waals surface area contributed by atoms with Crippen molar-refractivity contribution in [2.45, 2.75) is 95.5 Å². The Hall–Kier alpha value is 0.492. The zero-order valence-electron chi connectivity index (χ0n) is 13.2. The molecule has 18 heavy (non-hydrogen) atoms. The largest absolute Gasteiger partial charge is 0.396 e. The molecule has 0 aromatic heterocycles. The van der Waals surface area contributed by atoms with Crippen molar-refractivity contribution in [1.29, 1.82) is 0 Å². The zero-order valence-corrected chi connectivity index (χ0v) is 14.4. The van der Waals surface area contributed by atoms with Crippen LogP contribution in [0.15, 0.2) is 0 Å². The van der Waals surface area contributed by atoms with E-state index in [0.717, 1.165) is 28.1 Å². The van der Waals surface area contributed by atoms with Gasteiger partial charge in [0.1, 0.15) is 0 Å². The van der Waals surface area contributed by atoms with Gasteiger partial charge in [0.25, 0.3) is 0 Å². The number of unbranched alkanes of at least 4 members (excludes halogenated alkanes) is 7. The van der Waals surface area contributed by atoms with Crippen LogP contribution < -0.4 is 0 Å². The Kier molecular flexibility index (Phi) is 26.2. The molecule has 109 valence electrons. The van der Waals surface area contributed by atoms with Crippen LogP contribution in [0.3, 0.4) is 0 Å². The maximum absolute atomic E-state index is 8.07. The lowest BCUT2D eigenvalue weighted by molar-refractivity contribution is 0.287. The van der Waals surface area contributed by atoms with Gasteiger partial charge in [-0.15, -0.1) is 10.6 Å². The van der Waals surface area contributed by atoms with E-state index in [4.69, 9.17) is 5.11 Å². The topological polar surface area (TPSA) is 20.2 Å². The van der Waals surface area contributed by atoms with E-state index in [2.05, 4.69) is 20.8 Å². The molecular formula is C16H36AlO. The first-order valence-corrected chi connectivity index (χ1v) is 9.89. The molecule has 0 saturated heterocycles. The molecule has 0 atom stereocenters. The first-order valence-electron chi connectivity index (χ1n) is 8.25. The Morgan fingerprint density at radius 2 is 1.06 bits per heavy atom. The van der Waals surface area contributed by atoms with Crippen molar-refractivity contribution in [3.63, 3.8) is 0 Å². The van der Waals surface area contributed by atoms with Crippen molar-refractivity contribution in [2.75, 3.05) is 6.61 Å². The molecule has 0 aromatic carbocycles. The van der Waals surface area contributed by atoms with Crippen molar-refractivity contribution >= 4 is 15.2 Å². The number of hydrogen-bond donors (Lipinski definition) is 1. The standard InChI is InChI=1S/2C6H13.C4H10O.Al/c2*1-3-5-6-4-2;1-2-3-4-5;/h2*1,3-6H2,2H3;5H,2-4H2,1H3;. The van der Waals surface area contributed by atoms with E-state index in [-0.39, 0.29) is 0 Å². The fourth-order valence-electron chi connectivity index (χ4n) is 1.73. The normalized spacial score (nSPS) is 9.78. The molecular weight excluding hydrogens is 235 g/mol. The van der Waals surface area contributed by atoms with E-state index < -0.39 is 0 Å². The predicted molar refractivity (Wildman–Crippen MR) is 85.6 cm³/mol. The molecule has 0 aromatic rings. The Morgan fingerprint density at radius 1 is 0.611 bits per heavy atom. The minimum absolute atomic E-state index is 0.344. The molecule has 0 rings (SSSR count). The predicted octanol–water partition coefficient (Wildman–Crippen LogP) is 5.47. The maximum Gasteiger partial charge on any atom is 0.199 e. The van der Waals surface area contributed by atoms with Gasteiger partial charge in [-0.2, -0.15) is 0 Å². The second-order valence-corrected chi connectivity index (χ2v) is 6.80. The summed E-state index contributed by atoms with van der Waals surface area (Å²) in [5.74, 6) is 0. The lowest BCUT2D eigenvalue weighted by Gasteiger charge is -1.99. The van der Waals surface area contributed by atoms with Gasteiger partial charge in [-0.05, 0) is 6.42 Å². The fourth-order valence-corrected chi connectivity index (χ4v) is 3.18. The Labute approximate surface area is 122 Å². The van der Waals surface area contributed by atoms with Crippen molar-refractivity contribution in [3.8, 4) is 0 Å². The van der Waals surface area contributed by atoms with E-state index in [9.17, 15) is 0 Å². The number of rotatable bonds is 12. The third-order valence-electron chi connectivity index (χ3n) is 3.04. The molecule has 0 fully saturated rings. The van der Waals surface area contributed by atoms with E-state index in [1.165, 1.54) is 51.4 Å². The molecule has 0 amide bonds. The quantitative estimate of drug-likeness (QED) is 0.369. The van der Waals surface area contributed by atoms with Crippen molar-refractivity contribution in [3.05, 3.63) is 0 Å². The van der Waals surface area contributed by atoms with Crippen LogP contribution >= 0.6 is 0 Å². The molecule has 0 bridgehead atoms. The second kappa shape index (κ2) is 22.7. The third kappa shape index (κ3) is 25.4. The van der Waals surface area contributed by atoms with Crippen LogP contribution in [0.25, 0.3) is 0 Å². The summed E-state index contributed by atoms with van der Waals surface area (Å²) in [6.07, 6.45) is 13.7. The summed E-state index contributed by atoms with van der Waals surface area (Å²) in [5, 5.41) is 11.2. The maximum atomic E-state index is 8.07. The summed E-state index contributed by atoms with van der Waals surface area (Å²) >= 11 is 0.805. The van der Waals surface area contributed by atoms with Crippen LogP contribution in [0.5, 0.6) is 0 Å². The van der Waals surface area contributed by atoms with Gasteiger partial charge >= 0.3 is 0 Å². The fraction of sp³-hybridized carbons (Fsp3) is 1.00. The van der Waals surface area contributed by atoms with Gasteiger partial charge in [0.2, 0.25) is 0 Å². The first-order chi connectivity index (χ1) is 8.83. The summed E-state index contributed by atoms with van der Waals surface area (Å²) in [6.45, 7) is 6.97. The van der Waals surface area contributed by atoms with Crippen LogP contribution in [0, 0.1) is 0 Å². The summed E-state index contributed by atoms with van der Waals surface area (Å²) in [7, 11) is 0. The third-order valence-corrected chi connectivity index (χ3v) is 4.67. The number of aliphatic hydroxyl groups is 1. The van der Waals surface area contributed by atoms with Gasteiger partial charge in [0.15, 0.2) is 15.2 Å². The monoisotopic (exact) mass is 271 g/mol. The highest BCUT2D eigenvalue weighted by Gasteiger charge is 1.93. The molecule has 0 aliphatic carbocycles. The van der Waals surface area contributed by atoms with Crippen molar-refractivity contribution in [1.82, 2.24) is 0 Å². The van der Waals surface area contributed by atoms with Gasteiger partial charge in [0, 0.05) is 6.61 Å². The number of aliphatic hydroxyl groups excluding tert-OH is 1. The Balaban J connectivity index is 0. The minimum atomic E-state index is 0.344. The van der Waals surface area contributed by atoms with E-state index in [1.807, 2.05) is 0 Å². The highest BCUT2D eigenvalue weighted by atomic mass is 27.1. The Morgan fingerprint density at radius 3 is 1.33 bits per heavy atom. The van der Waals surface area contributed by atoms with Crippen LogP contribution in [0.2, 0.25) is 10.6 Å². The van der Waals surface area contributed by atoms with E-state index >= 15 is 0 Å². The summed E-state index contributed by atoms with van der Waals surface area (Å²) < 4.78 is 0. The first kappa shape index (κ1) is 20.8. The summed E-state index contributed by atoms with van der Waals surface area (Å²) in [4.78, 5) is 0. The second-order valence-electron chi connectivity index (χ2n) is 5.06. The van der Waals surface area contributed by atoms with Crippen LogP contribution in [0.1, 0.15) is 85.0 Å². The molecule has 2 heteroatoms. The lowest BCUT2D eigenvalue weighted by atomic mass is 10.2. The van der Waals surface area contributed by atoms with Crippen LogP contribution in [-0.4, -0.2) is 26.9 Å². The molecule has 1 radical (unpaired) electrons. The highest BCUT2D eigenvalue weighted by molar-refractivity contribution is 6.35. The molecule has 1 N–H and O–H groups in total. The highest BCUT2D eigenvalue weighted by Crippen LogP contribution is 2.07. The van der Waals surface area contributed by atoms with Gasteiger partial charge in [-0.25, -0.2) is 0 Å². The summed E-state index contributed by atoms with van der Waals surface area (Å²) in [6, 6.07) is 0. The molecule has 0 spiro atoms. The summed E-state index contributed by atoms with van der Waals surface area (Å²) in [5.41, 5.74) is 0. The van der Waals surface area contributed by atoms with E-state index in [1.54, 1.807) is 10.6 Å². The van der Waals surface area contributed by atoms with Gasteiger partial charge in [-0.1, -0.05) is 78.6 Å². The van der Waals surface area contributed by atoms with Crippen LogP contribution in [0.4, 0.5) is 0 Å². The Bertz CT molecular complexity index is 106. The van der Waals surface area contributed by atoms with Crippen molar-refractivity contribution in [2.24, 2.45) is 0 Å². The smallest absolute Gasteiger partial charge is 0.199 e. The van der Waals surface area contributed by atoms with E-state index in [0.29, 0.717) is 6.61 Å². The van der Waals surface area contributed by atoms with Gasteiger partial charge in [-0.3, -0.25) is 0 Å².